The second-order valence-electron chi connectivity index (χ2n) is 15.5. The van der Waals surface area contributed by atoms with Gasteiger partial charge in [-0.05, 0) is 152 Å². The molecular weight excluding hydrogens is 729 g/mol. The van der Waals surface area contributed by atoms with E-state index >= 15 is 0 Å². The minimum absolute atomic E-state index is 0.436. The summed E-state index contributed by atoms with van der Waals surface area (Å²) < 4.78 is 30.9. The first kappa shape index (κ1) is 42.5. The van der Waals surface area contributed by atoms with Gasteiger partial charge in [-0.15, -0.1) is 0 Å². The fraction of sp³-hybridized carbons (Fsp3) is 0.458. The molecule has 1 atom stereocenters. The largest absolute Gasteiger partial charge is 0.611 e. The summed E-state index contributed by atoms with van der Waals surface area (Å²) in [6, 6.07) is 21.2. The van der Waals surface area contributed by atoms with Gasteiger partial charge in [-0.3, -0.25) is 4.99 Å². The monoisotopic (exact) mass is 790 g/mol. The SMILES string of the molecule is CCC\C=C(C)/C=N\C(C)=C(/C)C[S+]([O-])c1ccc2nc(/C3=C/c4cc(-c5ccc(OCCOCCCC)cc5)ccc4N(CC4CCOCC4)CCC3)[nH]c2c1. The first-order valence-corrected chi connectivity index (χ1v) is 22.4. The van der Waals surface area contributed by atoms with Crippen LogP contribution in [0.2, 0.25) is 0 Å². The number of aromatic amines is 1. The smallest absolute Gasteiger partial charge is 0.155 e. The van der Waals surface area contributed by atoms with Crippen molar-refractivity contribution in [3.8, 4) is 16.9 Å². The molecule has 1 N–H and O–H groups in total. The number of hydrogen-bond donors (Lipinski definition) is 1. The molecule has 3 aromatic carbocycles. The van der Waals surface area contributed by atoms with Crippen molar-refractivity contribution in [1.82, 2.24) is 9.97 Å². The van der Waals surface area contributed by atoms with Crippen LogP contribution in [-0.2, 0) is 20.6 Å². The first-order valence-electron chi connectivity index (χ1n) is 21.0. The van der Waals surface area contributed by atoms with Crippen molar-refractivity contribution in [3.63, 3.8) is 0 Å². The van der Waals surface area contributed by atoms with Crippen LogP contribution in [0.3, 0.4) is 0 Å². The highest BCUT2D eigenvalue weighted by Gasteiger charge is 2.23. The number of anilines is 1. The summed E-state index contributed by atoms with van der Waals surface area (Å²) in [6.07, 6.45) is 15.0. The maximum atomic E-state index is 13.6. The number of imidazole rings is 1. The summed E-state index contributed by atoms with van der Waals surface area (Å²) in [5.41, 5.74) is 10.8. The van der Waals surface area contributed by atoms with Crippen LogP contribution in [-0.4, -0.2) is 72.6 Å². The lowest BCUT2D eigenvalue weighted by Gasteiger charge is -2.33. The highest BCUT2D eigenvalue weighted by atomic mass is 32.2. The Morgan fingerprint density at radius 3 is 2.58 bits per heavy atom. The Hall–Kier alpha value is -4.15. The number of rotatable bonds is 18. The van der Waals surface area contributed by atoms with Crippen molar-refractivity contribution >= 4 is 45.8 Å². The standard InChI is InChI=1S/C48H62N4O4S/c1-6-8-11-35(3)32-49-37(5)36(4)34-57(53)44-18-19-45-46(31-44)51-48(50-45)41-12-10-23-52(33-38-21-25-55-26-22-38)47-20-15-40(29-42(47)30-41)39-13-16-43(17-14-39)56-28-27-54-24-9-7-2/h11,13-20,29-32,38H,6-10,12,21-28,33-34H2,1-5H3,(H,50,51)/b35-11-,37-36+,41-30+,49-32-. The fourth-order valence-electron chi connectivity index (χ4n) is 7.31. The lowest BCUT2D eigenvalue weighted by Crippen LogP contribution is -2.34. The summed E-state index contributed by atoms with van der Waals surface area (Å²) in [5, 5.41) is 0. The molecule has 0 aliphatic carbocycles. The van der Waals surface area contributed by atoms with Crippen LogP contribution in [0.4, 0.5) is 5.69 Å². The average molecular weight is 791 g/mol. The Morgan fingerprint density at radius 1 is 0.982 bits per heavy atom. The van der Waals surface area contributed by atoms with E-state index in [1.165, 1.54) is 16.8 Å². The van der Waals surface area contributed by atoms with Gasteiger partial charge in [0.05, 0.1) is 17.6 Å². The number of ether oxygens (including phenoxy) is 3. The second kappa shape index (κ2) is 21.6. The predicted molar refractivity (Wildman–Crippen MR) is 239 cm³/mol. The number of nitrogens with one attached hydrogen (secondary N) is 1. The number of aliphatic imine (C=N–C) groups is 1. The van der Waals surface area contributed by atoms with Gasteiger partial charge < -0.3 is 28.6 Å². The van der Waals surface area contributed by atoms with Gasteiger partial charge in [0.1, 0.15) is 23.9 Å². The zero-order valence-corrected chi connectivity index (χ0v) is 35.6. The van der Waals surface area contributed by atoms with Crippen molar-refractivity contribution in [2.45, 2.75) is 90.9 Å². The quantitative estimate of drug-likeness (QED) is 0.0613. The van der Waals surface area contributed by atoms with Gasteiger partial charge in [0, 0.05) is 56.6 Å². The molecule has 8 nitrogen and oxygen atoms in total. The van der Waals surface area contributed by atoms with Crippen molar-refractivity contribution in [3.05, 3.63) is 95.0 Å². The Kier molecular flexibility index (Phi) is 16.1. The Bertz CT molecular complexity index is 2030. The van der Waals surface area contributed by atoms with E-state index in [-0.39, 0.29) is 0 Å². The van der Waals surface area contributed by atoms with Gasteiger partial charge in [-0.1, -0.05) is 51.0 Å². The van der Waals surface area contributed by atoms with Gasteiger partial charge in [0.15, 0.2) is 4.90 Å². The predicted octanol–water partition coefficient (Wildman–Crippen LogP) is 11.2. The number of benzene rings is 3. The lowest BCUT2D eigenvalue weighted by molar-refractivity contribution is 0.0682. The number of hydrogen-bond acceptors (Lipinski definition) is 7. The molecule has 2 aliphatic heterocycles. The van der Waals surface area contributed by atoms with Crippen LogP contribution in [0.1, 0.15) is 97.4 Å². The van der Waals surface area contributed by atoms with Gasteiger partial charge in [0.2, 0.25) is 0 Å². The van der Waals surface area contributed by atoms with Gasteiger partial charge >= 0.3 is 0 Å². The average Bonchev–Trinajstić information content (AvgIpc) is 3.66. The first-order chi connectivity index (χ1) is 27.8. The molecule has 304 valence electrons. The summed E-state index contributed by atoms with van der Waals surface area (Å²) in [7, 11) is 0. The second-order valence-corrected chi connectivity index (χ2v) is 17.0. The maximum absolute atomic E-state index is 13.6. The lowest BCUT2D eigenvalue weighted by atomic mass is 9.94. The minimum atomic E-state index is -1.21. The van der Waals surface area contributed by atoms with Crippen LogP contribution in [0.25, 0.3) is 33.8 Å². The zero-order valence-electron chi connectivity index (χ0n) is 34.8. The molecule has 57 heavy (non-hydrogen) atoms. The third-order valence-electron chi connectivity index (χ3n) is 10.9. The summed E-state index contributed by atoms with van der Waals surface area (Å²) in [5.74, 6) is 2.78. The van der Waals surface area contributed by atoms with Gasteiger partial charge in [0.25, 0.3) is 0 Å². The molecule has 2 aliphatic rings. The van der Waals surface area contributed by atoms with E-state index in [0.29, 0.717) is 24.9 Å². The molecule has 1 fully saturated rings. The molecule has 0 amide bonds. The van der Waals surface area contributed by atoms with Crippen molar-refractivity contribution < 1.29 is 18.8 Å². The van der Waals surface area contributed by atoms with Crippen LogP contribution in [0, 0.1) is 5.92 Å². The third kappa shape index (κ3) is 12.2. The van der Waals surface area contributed by atoms with E-state index < -0.39 is 11.2 Å². The van der Waals surface area contributed by atoms with Crippen molar-refractivity contribution in [1.29, 1.82) is 0 Å². The number of allylic oxidation sites excluding steroid dienone is 4. The minimum Gasteiger partial charge on any atom is -0.611 e. The van der Waals surface area contributed by atoms with Gasteiger partial charge in [-0.25, -0.2) is 4.98 Å². The maximum Gasteiger partial charge on any atom is 0.155 e. The van der Waals surface area contributed by atoms with Crippen LogP contribution in [0.15, 0.2) is 93.5 Å². The Labute approximate surface area is 343 Å². The van der Waals surface area contributed by atoms with Gasteiger partial charge in [-0.2, -0.15) is 0 Å². The molecule has 0 bridgehead atoms. The number of fused-ring (bicyclic) bond motifs is 2. The Morgan fingerprint density at radius 2 is 1.79 bits per heavy atom. The number of H-pyrrole nitrogens is 1. The molecule has 0 spiro atoms. The fourth-order valence-corrected chi connectivity index (χ4v) is 8.54. The van der Waals surface area contributed by atoms with E-state index in [1.807, 2.05) is 50.4 Å². The summed E-state index contributed by atoms with van der Waals surface area (Å²) in [6.45, 7) is 16.1. The van der Waals surface area contributed by atoms with E-state index in [0.717, 1.165) is 140 Å². The summed E-state index contributed by atoms with van der Waals surface area (Å²) >= 11 is -1.21. The molecule has 1 saturated heterocycles. The zero-order chi connectivity index (χ0) is 40.0. The third-order valence-corrected chi connectivity index (χ3v) is 12.4. The molecule has 1 unspecified atom stereocenters. The molecule has 0 radical (unpaired) electrons. The van der Waals surface area contributed by atoms with E-state index in [9.17, 15) is 4.55 Å². The number of nitrogens with zero attached hydrogens (tertiary/aromatic N) is 3. The molecule has 3 heterocycles. The topological polar surface area (TPSA) is 95.0 Å². The molecule has 9 heteroatoms. The van der Waals surface area contributed by atoms with E-state index in [2.05, 4.69) is 78.1 Å². The van der Waals surface area contributed by atoms with Crippen LogP contribution >= 0.6 is 0 Å². The van der Waals surface area contributed by atoms with E-state index in [4.69, 9.17) is 19.2 Å². The van der Waals surface area contributed by atoms with Crippen LogP contribution < -0.4 is 9.64 Å². The molecule has 4 aromatic rings. The molecular formula is C48H62N4O4S. The van der Waals surface area contributed by atoms with Crippen LogP contribution in [0.5, 0.6) is 5.75 Å². The Balaban J connectivity index is 1.23. The number of aromatic nitrogens is 2. The van der Waals surface area contributed by atoms with Crippen molar-refractivity contribution in [2.24, 2.45) is 10.9 Å². The normalized spacial score (nSPS) is 17.5. The molecule has 6 rings (SSSR count). The van der Waals surface area contributed by atoms with Crippen molar-refractivity contribution in [2.75, 3.05) is 56.8 Å². The highest BCUT2D eigenvalue weighted by molar-refractivity contribution is 7.91. The molecule has 1 aromatic heterocycles. The number of unbranched alkanes of at least 4 members (excludes halogenated alkanes) is 2. The molecule has 0 saturated carbocycles. The highest BCUT2D eigenvalue weighted by Crippen LogP contribution is 2.36. The summed E-state index contributed by atoms with van der Waals surface area (Å²) in [4.78, 5) is 16.7. The van der Waals surface area contributed by atoms with E-state index in [1.54, 1.807) is 0 Å².